The molecule has 2 aromatic heterocycles. The van der Waals surface area contributed by atoms with Crippen LogP contribution in [0, 0.1) is 0 Å². The Labute approximate surface area is 98.5 Å². The van der Waals surface area contributed by atoms with Gasteiger partial charge in [0.25, 0.3) is 5.91 Å². The zero-order valence-corrected chi connectivity index (χ0v) is 9.42. The van der Waals surface area contributed by atoms with E-state index in [1.165, 1.54) is 0 Å². The fourth-order valence-corrected chi connectivity index (χ4v) is 1.54. The molecule has 88 valence electrons. The molecule has 0 aliphatic carbocycles. The molecule has 2 rings (SSSR count). The number of hydrogen-bond acceptors (Lipinski definition) is 4. The van der Waals surface area contributed by atoms with E-state index < -0.39 is 5.91 Å². The van der Waals surface area contributed by atoms with Crippen molar-refractivity contribution >= 4 is 5.91 Å². The van der Waals surface area contributed by atoms with Crippen LogP contribution in [0.5, 0.6) is 0 Å². The summed E-state index contributed by atoms with van der Waals surface area (Å²) in [4.78, 5) is 15.2. The van der Waals surface area contributed by atoms with Crippen LogP contribution in [0.15, 0.2) is 30.6 Å². The molecule has 3 N–H and O–H groups in total. The molecule has 0 aliphatic rings. The first-order valence-electron chi connectivity index (χ1n) is 5.16. The number of aromatic nitrogens is 3. The maximum atomic E-state index is 11.0. The molecule has 0 spiro atoms. The topological polar surface area (TPSA) is 85.8 Å². The van der Waals surface area contributed by atoms with Gasteiger partial charge in [0.2, 0.25) is 0 Å². The van der Waals surface area contributed by atoms with E-state index in [4.69, 9.17) is 5.73 Å². The largest absolute Gasteiger partial charge is 0.364 e. The first-order chi connectivity index (χ1) is 8.22. The molecule has 0 bridgehead atoms. The van der Waals surface area contributed by atoms with E-state index in [0.29, 0.717) is 12.4 Å². The Morgan fingerprint density at radius 3 is 3.00 bits per heavy atom. The van der Waals surface area contributed by atoms with Crippen molar-refractivity contribution in [3.05, 3.63) is 41.9 Å². The number of rotatable bonds is 4. The van der Waals surface area contributed by atoms with Crippen molar-refractivity contribution in [1.29, 1.82) is 0 Å². The zero-order valence-electron chi connectivity index (χ0n) is 9.42. The van der Waals surface area contributed by atoms with Gasteiger partial charge in [-0.15, -0.1) is 0 Å². The molecule has 2 aromatic rings. The molecule has 6 nitrogen and oxygen atoms in total. The Morgan fingerprint density at radius 1 is 1.53 bits per heavy atom. The second-order valence-electron chi connectivity index (χ2n) is 3.53. The molecule has 0 fully saturated rings. The van der Waals surface area contributed by atoms with Gasteiger partial charge in [-0.3, -0.25) is 4.79 Å². The summed E-state index contributed by atoms with van der Waals surface area (Å²) in [5.41, 5.74) is 6.38. The van der Waals surface area contributed by atoms with E-state index in [1.807, 2.05) is 19.2 Å². The number of pyridine rings is 1. The van der Waals surface area contributed by atoms with Gasteiger partial charge in [-0.2, -0.15) is 5.10 Å². The van der Waals surface area contributed by atoms with Gasteiger partial charge in [0, 0.05) is 24.5 Å². The fraction of sp³-hybridized carbons (Fsp3) is 0.182. The Hall–Kier alpha value is -2.21. The molecule has 0 unspecified atom stereocenters. The van der Waals surface area contributed by atoms with Gasteiger partial charge >= 0.3 is 0 Å². The number of nitrogens with zero attached hydrogens (tertiary/aromatic N) is 3. The highest BCUT2D eigenvalue weighted by molar-refractivity contribution is 5.90. The quantitative estimate of drug-likeness (QED) is 0.780. The third-order valence-electron chi connectivity index (χ3n) is 2.29. The van der Waals surface area contributed by atoms with Crippen molar-refractivity contribution in [2.75, 3.05) is 7.05 Å². The summed E-state index contributed by atoms with van der Waals surface area (Å²) in [6.45, 7) is 0.676. The molecule has 17 heavy (non-hydrogen) atoms. The van der Waals surface area contributed by atoms with Crippen molar-refractivity contribution < 1.29 is 4.79 Å². The number of primary amides is 1. The minimum Gasteiger partial charge on any atom is -0.364 e. The highest BCUT2D eigenvalue weighted by Gasteiger charge is 2.09. The van der Waals surface area contributed by atoms with Crippen LogP contribution in [0.4, 0.5) is 0 Å². The Morgan fingerprint density at radius 2 is 2.35 bits per heavy atom. The predicted octanol–water partition coefficient (Wildman–Crippen LogP) is 0.0856. The minimum atomic E-state index is -0.546. The highest BCUT2D eigenvalue weighted by atomic mass is 16.1. The molecule has 0 atom stereocenters. The highest BCUT2D eigenvalue weighted by Crippen LogP contribution is 2.10. The average molecular weight is 231 g/mol. The van der Waals surface area contributed by atoms with Gasteiger partial charge in [0.1, 0.15) is 5.69 Å². The average Bonchev–Trinajstić information content (AvgIpc) is 2.79. The van der Waals surface area contributed by atoms with Crippen LogP contribution >= 0.6 is 0 Å². The number of carbonyl (C=O) groups is 1. The number of amides is 1. The number of nitrogens with two attached hydrogens (primary N) is 1. The lowest BCUT2D eigenvalue weighted by molar-refractivity contribution is 0.0995. The van der Waals surface area contributed by atoms with E-state index in [0.717, 1.165) is 5.56 Å². The van der Waals surface area contributed by atoms with Crippen LogP contribution in [0.3, 0.4) is 0 Å². The molecular formula is C11H13N5O. The van der Waals surface area contributed by atoms with Gasteiger partial charge in [-0.25, -0.2) is 9.67 Å². The number of carbonyl (C=O) groups excluding carboxylic acids is 1. The van der Waals surface area contributed by atoms with Crippen LogP contribution in [-0.4, -0.2) is 27.7 Å². The van der Waals surface area contributed by atoms with E-state index in [-0.39, 0.29) is 5.69 Å². The Kier molecular flexibility index (Phi) is 3.15. The van der Waals surface area contributed by atoms with Crippen LogP contribution in [-0.2, 0) is 6.54 Å². The SMILES string of the molecule is CNCc1cccnc1-n1ccc(C(N)=O)n1. The lowest BCUT2D eigenvalue weighted by atomic mass is 10.2. The molecular weight excluding hydrogens is 218 g/mol. The van der Waals surface area contributed by atoms with Crippen LogP contribution < -0.4 is 11.1 Å². The van der Waals surface area contributed by atoms with Gasteiger partial charge < -0.3 is 11.1 Å². The zero-order chi connectivity index (χ0) is 12.3. The summed E-state index contributed by atoms with van der Waals surface area (Å²) in [7, 11) is 1.86. The normalized spacial score (nSPS) is 10.4. The van der Waals surface area contributed by atoms with Crippen LogP contribution in [0.25, 0.3) is 5.82 Å². The first-order valence-corrected chi connectivity index (χ1v) is 5.16. The predicted molar refractivity (Wildman–Crippen MR) is 62.6 cm³/mol. The van der Waals surface area contributed by atoms with Crippen molar-refractivity contribution in [2.24, 2.45) is 5.73 Å². The first kappa shape index (κ1) is 11.3. The van der Waals surface area contributed by atoms with E-state index in [9.17, 15) is 4.79 Å². The third-order valence-corrected chi connectivity index (χ3v) is 2.29. The summed E-state index contributed by atoms with van der Waals surface area (Å²) < 4.78 is 1.55. The molecule has 2 heterocycles. The molecule has 0 aliphatic heterocycles. The van der Waals surface area contributed by atoms with Crippen molar-refractivity contribution in [1.82, 2.24) is 20.1 Å². The molecule has 0 aromatic carbocycles. The summed E-state index contributed by atoms with van der Waals surface area (Å²) in [5.74, 6) is 0.143. The van der Waals surface area contributed by atoms with Crippen molar-refractivity contribution in [2.45, 2.75) is 6.54 Å². The van der Waals surface area contributed by atoms with Crippen LogP contribution in [0.2, 0.25) is 0 Å². The van der Waals surface area contributed by atoms with E-state index in [1.54, 1.807) is 23.1 Å². The fourth-order valence-electron chi connectivity index (χ4n) is 1.54. The van der Waals surface area contributed by atoms with E-state index >= 15 is 0 Å². The van der Waals surface area contributed by atoms with Crippen molar-refractivity contribution in [3.8, 4) is 5.82 Å². The molecule has 0 saturated carbocycles. The molecule has 1 amide bonds. The smallest absolute Gasteiger partial charge is 0.269 e. The second-order valence-corrected chi connectivity index (χ2v) is 3.53. The standard InChI is InChI=1S/C11H13N5O/c1-13-7-8-3-2-5-14-11(8)16-6-4-9(15-16)10(12)17/h2-6,13H,7H2,1H3,(H2,12,17). The summed E-state index contributed by atoms with van der Waals surface area (Å²) in [6, 6.07) is 5.37. The molecule has 6 heteroatoms. The van der Waals surface area contributed by atoms with Gasteiger partial charge in [0.05, 0.1) is 0 Å². The number of nitrogens with one attached hydrogen (secondary N) is 1. The van der Waals surface area contributed by atoms with Crippen molar-refractivity contribution in [3.63, 3.8) is 0 Å². The van der Waals surface area contributed by atoms with E-state index in [2.05, 4.69) is 15.4 Å². The Balaban J connectivity index is 2.41. The second kappa shape index (κ2) is 4.75. The maximum absolute atomic E-state index is 11.0. The number of hydrogen-bond donors (Lipinski definition) is 2. The lowest BCUT2D eigenvalue weighted by Crippen LogP contribution is -2.14. The monoisotopic (exact) mass is 231 g/mol. The van der Waals surface area contributed by atoms with Gasteiger partial charge in [-0.05, 0) is 19.2 Å². The van der Waals surface area contributed by atoms with Gasteiger partial charge in [0.15, 0.2) is 5.82 Å². The molecule has 0 radical (unpaired) electrons. The molecule has 0 saturated heterocycles. The maximum Gasteiger partial charge on any atom is 0.269 e. The summed E-state index contributed by atoms with van der Waals surface area (Å²) in [5, 5.41) is 7.13. The summed E-state index contributed by atoms with van der Waals surface area (Å²) >= 11 is 0. The van der Waals surface area contributed by atoms with Crippen LogP contribution in [0.1, 0.15) is 16.1 Å². The summed E-state index contributed by atoms with van der Waals surface area (Å²) in [6.07, 6.45) is 3.35. The Bertz CT molecular complexity index is 534. The van der Waals surface area contributed by atoms with Gasteiger partial charge in [-0.1, -0.05) is 6.07 Å². The lowest BCUT2D eigenvalue weighted by Gasteiger charge is -2.07. The minimum absolute atomic E-state index is 0.228. The third kappa shape index (κ3) is 2.31.